The van der Waals surface area contributed by atoms with Gasteiger partial charge < -0.3 is 14.2 Å². The van der Waals surface area contributed by atoms with Crippen molar-refractivity contribution >= 4 is 5.97 Å². The van der Waals surface area contributed by atoms with Crippen LogP contribution in [0.5, 0.6) is 11.5 Å². The van der Waals surface area contributed by atoms with Crippen molar-refractivity contribution in [3.05, 3.63) is 24.3 Å². The molecule has 2 rings (SSSR count). The van der Waals surface area contributed by atoms with E-state index in [4.69, 9.17) is 14.2 Å². The van der Waals surface area contributed by atoms with Crippen LogP contribution in [0.4, 0.5) is 0 Å². The third kappa shape index (κ3) is 4.36. The van der Waals surface area contributed by atoms with Gasteiger partial charge in [0.15, 0.2) is 0 Å². The van der Waals surface area contributed by atoms with E-state index in [1.165, 1.54) is 0 Å². The summed E-state index contributed by atoms with van der Waals surface area (Å²) in [7, 11) is 1.62. The van der Waals surface area contributed by atoms with Crippen LogP contribution >= 0.6 is 0 Å². The van der Waals surface area contributed by atoms with Crippen LogP contribution in [0, 0.1) is 0 Å². The number of nitrogens with one attached hydrogen (secondary N) is 1. The molecule has 0 amide bonds. The molecule has 1 aliphatic rings. The second-order valence-corrected chi connectivity index (χ2v) is 5.44. The Hall–Kier alpha value is -1.75. The summed E-state index contributed by atoms with van der Waals surface area (Å²) in [6, 6.07) is 7.68. The Balaban J connectivity index is 1.98. The number of carbonyl (C=O) groups is 1. The maximum Gasteiger partial charge on any atom is 0.329 e. The molecule has 1 aromatic rings. The van der Waals surface area contributed by atoms with E-state index in [1.807, 2.05) is 31.2 Å². The molecule has 116 valence electrons. The summed E-state index contributed by atoms with van der Waals surface area (Å²) in [5.74, 6) is 1.20. The minimum atomic E-state index is -0.822. The van der Waals surface area contributed by atoms with Crippen molar-refractivity contribution < 1.29 is 19.0 Å². The molecule has 0 saturated heterocycles. The largest absolute Gasteiger partial charge is 0.497 e. The molecule has 1 saturated carbocycles. The number of rotatable bonds is 8. The lowest BCUT2D eigenvalue weighted by atomic mass is 10.0. The number of carbonyl (C=O) groups excluding carboxylic acids is 1. The molecule has 1 fully saturated rings. The van der Waals surface area contributed by atoms with Crippen molar-refractivity contribution in [1.82, 2.24) is 5.32 Å². The molecule has 1 aromatic carbocycles. The quantitative estimate of drug-likeness (QED) is 0.744. The average Bonchev–Trinajstić information content (AvgIpc) is 3.30. The van der Waals surface area contributed by atoms with Crippen molar-refractivity contribution in [3.8, 4) is 11.5 Å². The van der Waals surface area contributed by atoms with Gasteiger partial charge in [-0.3, -0.25) is 5.32 Å². The van der Waals surface area contributed by atoms with Crippen LogP contribution in [0.1, 0.15) is 26.7 Å². The molecule has 1 aliphatic carbocycles. The lowest BCUT2D eigenvalue weighted by molar-refractivity contribution is -0.152. The lowest BCUT2D eigenvalue weighted by Gasteiger charge is -2.28. The second-order valence-electron chi connectivity index (χ2n) is 5.44. The van der Waals surface area contributed by atoms with Gasteiger partial charge in [0.2, 0.25) is 0 Å². The smallest absolute Gasteiger partial charge is 0.329 e. The predicted octanol–water partition coefficient (Wildman–Crippen LogP) is 2.15. The summed E-state index contributed by atoms with van der Waals surface area (Å²) < 4.78 is 16.0. The summed E-state index contributed by atoms with van der Waals surface area (Å²) in [5, 5.41) is 3.32. The number of ether oxygens (including phenoxy) is 3. The monoisotopic (exact) mass is 293 g/mol. The summed E-state index contributed by atoms with van der Waals surface area (Å²) in [6.45, 7) is 4.23. The van der Waals surface area contributed by atoms with Crippen molar-refractivity contribution in [1.29, 1.82) is 0 Å². The van der Waals surface area contributed by atoms with E-state index < -0.39 is 5.54 Å². The Morgan fingerprint density at radius 2 is 1.90 bits per heavy atom. The first kappa shape index (κ1) is 15.6. The maximum atomic E-state index is 12.2. The molecule has 21 heavy (non-hydrogen) atoms. The minimum absolute atomic E-state index is 0.231. The maximum absolute atomic E-state index is 12.2. The minimum Gasteiger partial charge on any atom is -0.497 e. The average molecular weight is 293 g/mol. The molecule has 5 nitrogen and oxygen atoms in total. The topological polar surface area (TPSA) is 56.8 Å². The van der Waals surface area contributed by atoms with Gasteiger partial charge in [0, 0.05) is 6.04 Å². The highest BCUT2D eigenvalue weighted by Crippen LogP contribution is 2.24. The van der Waals surface area contributed by atoms with Crippen molar-refractivity contribution in [2.45, 2.75) is 38.3 Å². The van der Waals surface area contributed by atoms with Crippen molar-refractivity contribution in [3.63, 3.8) is 0 Å². The van der Waals surface area contributed by atoms with E-state index in [9.17, 15) is 4.79 Å². The van der Waals surface area contributed by atoms with Gasteiger partial charge in [-0.25, -0.2) is 4.79 Å². The molecular formula is C16H23NO4. The third-order valence-corrected chi connectivity index (χ3v) is 3.41. The zero-order valence-corrected chi connectivity index (χ0v) is 12.8. The number of hydrogen-bond acceptors (Lipinski definition) is 5. The SMILES string of the molecule is CCOC(=O)C(C)(COc1ccc(OC)cc1)NC1CC1. The van der Waals surface area contributed by atoms with Gasteiger partial charge in [0.25, 0.3) is 0 Å². The number of esters is 1. The Morgan fingerprint density at radius 3 is 2.43 bits per heavy atom. The van der Waals surface area contributed by atoms with Crippen LogP contribution in [0.25, 0.3) is 0 Å². The van der Waals surface area contributed by atoms with E-state index in [2.05, 4.69) is 5.32 Å². The first-order valence-corrected chi connectivity index (χ1v) is 7.29. The summed E-state index contributed by atoms with van der Waals surface area (Å²) in [6.07, 6.45) is 2.19. The van der Waals surface area contributed by atoms with Crippen LogP contribution in [-0.2, 0) is 9.53 Å². The summed E-state index contributed by atoms with van der Waals surface area (Å²) >= 11 is 0. The number of methoxy groups -OCH3 is 1. The third-order valence-electron chi connectivity index (χ3n) is 3.41. The fraction of sp³-hybridized carbons (Fsp3) is 0.562. The fourth-order valence-corrected chi connectivity index (χ4v) is 2.03. The van der Waals surface area contributed by atoms with Gasteiger partial charge in [0.1, 0.15) is 23.6 Å². The van der Waals surface area contributed by atoms with Gasteiger partial charge in [-0.2, -0.15) is 0 Å². The molecule has 0 spiro atoms. The zero-order chi connectivity index (χ0) is 15.3. The zero-order valence-electron chi connectivity index (χ0n) is 12.8. The van der Waals surface area contributed by atoms with Gasteiger partial charge in [-0.05, 0) is 51.0 Å². The molecule has 5 heteroatoms. The molecule has 1 N–H and O–H groups in total. The predicted molar refractivity (Wildman–Crippen MR) is 79.7 cm³/mol. The molecule has 0 radical (unpaired) electrons. The Labute approximate surface area is 125 Å². The highest BCUT2D eigenvalue weighted by molar-refractivity contribution is 5.80. The summed E-state index contributed by atoms with van der Waals surface area (Å²) in [5.41, 5.74) is -0.822. The second kappa shape index (κ2) is 6.80. The molecular weight excluding hydrogens is 270 g/mol. The van der Waals surface area contributed by atoms with Crippen molar-refractivity contribution in [2.75, 3.05) is 20.3 Å². The van der Waals surface area contributed by atoms with E-state index in [1.54, 1.807) is 14.0 Å². The van der Waals surface area contributed by atoms with Gasteiger partial charge in [-0.1, -0.05) is 0 Å². The Bertz CT molecular complexity index is 470. The molecule has 0 aliphatic heterocycles. The normalized spacial score (nSPS) is 16.9. The van der Waals surface area contributed by atoms with Gasteiger partial charge in [0.05, 0.1) is 13.7 Å². The van der Waals surface area contributed by atoms with E-state index in [0.717, 1.165) is 18.6 Å². The fourth-order valence-electron chi connectivity index (χ4n) is 2.03. The number of hydrogen-bond donors (Lipinski definition) is 1. The Kier molecular flexibility index (Phi) is 5.07. The van der Waals surface area contributed by atoms with E-state index in [-0.39, 0.29) is 12.6 Å². The van der Waals surface area contributed by atoms with Crippen molar-refractivity contribution in [2.24, 2.45) is 0 Å². The summed E-state index contributed by atoms with van der Waals surface area (Å²) in [4.78, 5) is 12.2. The number of benzene rings is 1. The van der Waals surface area contributed by atoms with E-state index >= 15 is 0 Å². The van der Waals surface area contributed by atoms with E-state index in [0.29, 0.717) is 18.4 Å². The standard InChI is InChI=1S/C16H23NO4/c1-4-20-15(18)16(2,17-12-5-6-12)11-21-14-9-7-13(19-3)8-10-14/h7-10,12,17H,4-6,11H2,1-3H3. The van der Waals surface area contributed by atoms with Crippen LogP contribution in [0.15, 0.2) is 24.3 Å². The van der Waals surface area contributed by atoms with Crippen LogP contribution in [0.2, 0.25) is 0 Å². The lowest BCUT2D eigenvalue weighted by Crippen LogP contribution is -2.55. The highest BCUT2D eigenvalue weighted by atomic mass is 16.5. The Morgan fingerprint density at radius 1 is 1.29 bits per heavy atom. The van der Waals surface area contributed by atoms with Crippen LogP contribution < -0.4 is 14.8 Å². The van der Waals surface area contributed by atoms with Crippen LogP contribution in [0.3, 0.4) is 0 Å². The molecule has 1 unspecified atom stereocenters. The van der Waals surface area contributed by atoms with Gasteiger partial charge in [-0.15, -0.1) is 0 Å². The first-order valence-electron chi connectivity index (χ1n) is 7.29. The molecule has 1 atom stereocenters. The first-order chi connectivity index (χ1) is 10.1. The molecule has 0 aromatic heterocycles. The highest BCUT2D eigenvalue weighted by Gasteiger charge is 2.40. The van der Waals surface area contributed by atoms with Crippen LogP contribution in [-0.4, -0.2) is 37.9 Å². The molecule has 0 bridgehead atoms. The molecule has 0 heterocycles. The van der Waals surface area contributed by atoms with Gasteiger partial charge >= 0.3 is 5.97 Å².